The van der Waals surface area contributed by atoms with Gasteiger partial charge in [0.15, 0.2) is 0 Å². The van der Waals surface area contributed by atoms with Crippen LogP contribution < -0.4 is 16.0 Å². The lowest BCUT2D eigenvalue weighted by Crippen LogP contribution is -2.39. The second-order valence-corrected chi connectivity index (χ2v) is 7.62. The van der Waals surface area contributed by atoms with E-state index in [4.69, 9.17) is 11.6 Å². The molecule has 3 rings (SSSR count). The van der Waals surface area contributed by atoms with E-state index >= 15 is 0 Å². The van der Waals surface area contributed by atoms with Crippen molar-refractivity contribution < 1.29 is 9.59 Å². The van der Waals surface area contributed by atoms with Crippen molar-refractivity contribution in [2.45, 2.75) is 57.0 Å². The third-order valence-electron chi connectivity index (χ3n) is 5.08. The van der Waals surface area contributed by atoms with Crippen molar-refractivity contribution in [2.75, 3.05) is 11.9 Å². The Morgan fingerprint density at radius 1 is 1.08 bits per heavy atom. The molecule has 0 saturated carbocycles. The molecule has 2 bridgehead atoms. The molecule has 2 aliphatic rings. The fraction of sp³-hybridized carbons (Fsp3) is 0.579. The van der Waals surface area contributed by atoms with Crippen LogP contribution in [0.5, 0.6) is 0 Å². The largest absolute Gasteiger partial charge is 0.356 e. The molecule has 1 aromatic rings. The van der Waals surface area contributed by atoms with Crippen LogP contribution in [0.1, 0.15) is 44.9 Å². The van der Waals surface area contributed by atoms with Gasteiger partial charge in [-0.05, 0) is 62.3 Å². The molecule has 25 heavy (non-hydrogen) atoms. The number of hydrogen-bond donors (Lipinski definition) is 3. The fourth-order valence-corrected chi connectivity index (χ4v) is 4.04. The lowest BCUT2D eigenvalue weighted by atomic mass is 9.89. The van der Waals surface area contributed by atoms with Crippen molar-refractivity contribution >= 4 is 29.1 Å². The van der Waals surface area contributed by atoms with Crippen molar-refractivity contribution in [3.05, 3.63) is 29.3 Å². The zero-order valence-electron chi connectivity index (χ0n) is 14.4. The standard InChI is InChI=1S/C19H26ClN3O2/c20-14-3-5-15(6-4-14)23-18(24)2-1-9-21-19(25)12-13-10-16-7-8-17(11-13)22-16/h3-6,13,16-17,22H,1-2,7-12H2,(H,21,25)(H,23,24). The minimum atomic E-state index is -0.0495. The van der Waals surface area contributed by atoms with Crippen molar-refractivity contribution in [2.24, 2.45) is 5.92 Å². The van der Waals surface area contributed by atoms with Gasteiger partial charge in [-0.3, -0.25) is 9.59 Å². The Labute approximate surface area is 153 Å². The van der Waals surface area contributed by atoms with Gasteiger partial charge in [0, 0.05) is 42.2 Å². The first kappa shape index (κ1) is 18.2. The number of piperidine rings is 1. The first-order valence-corrected chi connectivity index (χ1v) is 9.54. The summed E-state index contributed by atoms with van der Waals surface area (Å²) in [5, 5.41) is 10.0. The molecule has 6 heteroatoms. The maximum atomic E-state index is 12.1. The predicted molar refractivity (Wildman–Crippen MR) is 99.6 cm³/mol. The van der Waals surface area contributed by atoms with Gasteiger partial charge in [-0.2, -0.15) is 0 Å². The molecular formula is C19H26ClN3O2. The summed E-state index contributed by atoms with van der Waals surface area (Å²) in [5.74, 6) is 0.572. The molecule has 2 saturated heterocycles. The van der Waals surface area contributed by atoms with Gasteiger partial charge in [0.25, 0.3) is 0 Å². The van der Waals surface area contributed by atoms with Gasteiger partial charge in [0.05, 0.1) is 0 Å². The molecule has 3 N–H and O–H groups in total. The number of halogens is 1. The number of carbonyl (C=O) groups is 2. The summed E-state index contributed by atoms with van der Waals surface area (Å²) in [5.41, 5.74) is 0.735. The number of fused-ring (bicyclic) bond motifs is 2. The zero-order chi connectivity index (χ0) is 17.6. The van der Waals surface area contributed by atoms with Crippen molar-refractivity contribution in [1.29, 1.82) is 0 Å². The molecule has 2 fully saturated rings. The molecule has 2 amide bonds. The monoisotopic (exact) mass is 363 g/mol. The lowest BCUT2D eigenvalue weighted by molar-refractivity contribution is -0.122. The Bertz CT molecular complexity index is 593. The van der Waals surface area contributed by atoms with E-state index < -0.39 is 0 Å². The summed E-state index contributed by atoms with van der Waals surface area (Å²) >= 11 is 5.81. The molecule has 2 aliphatic heterocycles. The molecule has 0 aromatic heterocycles. The molecule has 136 valence electrons. The van der Waals surface area contributed by atoms with Crippen LogP contribution in [0.15, 0.2) is 24.3 Å². The van der Waals surface area contributed by atoms with Gasteiger partial charge >= 0.3 is 0 Å². The summed E-state index contributed by atoms with van der Waals surface area (Å²) in [7, 11) is 0. The van der Waals surface area contributed by atoms with Crippen LogP contribution in [0.2, 0.25) is 5.02 Å². The van der Waals surface area contributed by atoms with Gasteiger partial charge in [-0.15, -0.1) is 0 Å². The van der Waals surface area contributed by atoms with Crippen molar-refractivity contribution in [3.8, 4) is 0 Å². The normalized spacial score (nSPS) is 24.8. The van der Waals surface area contributed by atoms with Gasteiger partial charge < -0.3 is 16.0 Å². The highest BCUT2D eigenvalue weighted by Crippen LogP contribution is 2.32. The van der Waals surface area contributed by atoms with E-state index in [9.17, 15) is 9.59 Å². The quantitative estimate of drug-likeness (QED) is 0.652. The zero-order valence-corrected chi connectivity index (χ0v) is 15.1. The van der Waals surface area contributed by atoms with Gasteiger partial charge in [-0.1, -0.05) is 11.6 Å². The van der Waals surface area contributed by atoms with Crippen molar-refractivity contribution in [3.63, 3.8) is 0 Å². The van der Waals surface area contributed by atoms with Crippen LogP contribution in [0, 0.1) is 5.92 Å². The van der Waals surface area contributed by atoms with Crippen LogP contribution in [0.3, 0.4) is 0 Å². The van der Waals surface area contributed by atoms with Crippen LogP contribution in [0.4, 0.5) is 5.69 Å². The average Bonchev–Trinajstić information content (AvgIpc) is 2.92. The molecule has 2 unspecified atom stereocenters. The molecule has 0 spiro atoms. The second kappa shape index (κ2) is 8.68. The van der Waals surface area contributed by atoms with E-state index in [0.717, 1.165) is 18.5 Å². The van der Waals surface area contributed by atoms with Crippen LogP contribution in [0.25, 0.3) is 0 Å². The molecule has 0 aliphatic carbocycles. The number of benzene rings is 1. The van der Waals surface area contributed by atoms with E-state index in [1.54, 1.807) is 24.3 Å². The summed E-state index contributed by atoms with van der Waals surface area (Å²) in [6, 6.07) is 8.26. The van der Waals surface area contributed by atoms with Gasteiger partial charge in [0.2, 0.25) is 11.8 Å². The molecule has 2 heterocycles. The Kier molecular flexibility index (Phi) is 6.32. The number of anilines is 1. The lowest BCUT2D eigenvalue weighted by Gasteiger charge is -2.28. The molecule has 2 atom stereocenters. The number of hydrogen-bond acceptors (Lipinski definition) is 3. The summed E-state index contributed by atoms with van der Waals surface area (Å²) < 4.78 is 0. The summed E-state index contributed by atoms with van der Waals surface area (Å²) in [4.78, 5) is 23.9. The minimum absolute atomic E-state index is 0.0495. The highest BCUT2D eigenvalue weighted by Gasteiger charge is 2.34. The SMILES string of the molecule is O=C(CC1CC2CCC(C1)N2)NCCCC(=O)Nc1ccc(Cl)cc1. The first-order valence-electron chi connectivity index (χ1n) is 9.16. The minimum Gasteiger partial charge on any atom is -0.356 e. The molecule has 1 aromatic carbocycles. The van der Waals surface area contributed by atoms with Crippen LogP contribution in [-0.4, -0.2) is 30.4 Å². The number of nitrogens with one attached hydrogen (secondary N) is 3. The van der Waals surface area contributed by atoms with Crippen LogP contribution >= 0.6 is 11.6 Å². The third kappa shape index (κ3) is 5.72. The fourth-order valence-electron chi connectivity index (χ4n) is 3.91. The number of carbonyl (C=O) groups excluding carboxylic acids is 2. The Morgan fingerprint density at radius 2 is 1.76 bits per heavy atom. The Balaban J connectivity index is 1.28. The summed E-state index contributed by atoms with van der Waals surface area (Å²) in [6.45, 7) is 0.546. The van der Waals surface area contributed by atoms with Gasteiger partial charge in [0.1, 0.15) is 0 Å². The van der Waals surface area contributed by atoms with Gasteiger partial charge in [-0.25, -0.2) is 0 Å². The van der Waals surface area contributed by atoms with E-state index in [0.29, 0.717) is 48.8 Å². The number of amides is 2. The van der Waals surface area contributed by atoms with Crippen molar-refractivity contribution in [1.82, 2.24) is 10.6 Å². The van der Waals surface area contributed by atoms with E-state index in [2.05, 4.69) is 16.0 Å². The predicted octanol–water partition coefficient (Wildman–Crippen LogP) is 3.10. The van der Waals surface area contributed by atoms with Crippen LogP contribution in [-0.2, 0) is 9.59 Å². The highest BCUT2D eigenvalue weighted by molar-refractivity contribution is 6.30. The van der Waals surface area contributed by atoms with E-state index in [1.807, 2.05) is 0 Å². The maximum absolute atomic E-state index is 12.1. The number of rotatable bonds is 7. The third-order valence-corrected chi connectivity index (χ3v) is 5.33. The second-order valence-electron chi connectivity index (χ2n) is 7.19. The molecule has 0 radical (unpaired) electrons. The Hall–Kier alpha value is -1.59. The highest BCUT2D eigenvalue weighted by atomic mass is 35.5. The van der Waals surface area contributed by atoms with E-state index in [1.165, 1.54) is 12.8 Å². The van der Waals surface area contributed by atoms with E-state index in [-0.39, 0.29) is 11.8 Å². The Morgan fingerprint density at radius 3 is 2.44 bits per heavy atom. The first-order chi connectivity index (χ1) is 12.1. The molecular weight excluding hydrogens is 338 g/mol. The molecule has 5 nitrogen and oxygen atoms in total. The average molecular weight is 364 g/mol. The topological polar surface area (TPSA) is 70.2 Å². The maximum Gasteiger partial charge on any atom is 0.224 e. The smallest absolute Gasteiger partial charge is 0.224 e. The summed E-state index contributed by atoms with van der Waals surface area (Å²) in [6.07, 6.45) is 6.40.